The molecule has 2 unspecified atom stereocenters. The van der Waals surface area contributed by atoms with Gasteiger partial charge in [-0.15, -0.1) is 0 Å². The molecule has 2 aromatic rings. The Balaban J connectivity index is 1.33. The molecule has 0 saturated carbocycles. The first-order valence-corrected chi connectivity index (χ1v) is 12.3. The lowest BCUT2D eigenvalue weighted by Gasteiger charge is -2.33. The molecule has 3 atom stereocenters. The van der Waals surface area contributed by atoms with E-state index >= 15 is 0 Å². The zero-order chi connectivity index (χ0) is 24.1. The maximum atomic E-state index is 13.4. The molecule has 0 bridgehead atoms. The van der Waals surface area contributed by atoms with Crippen LogP contribution in [0.5, 0.6) is 5.75 Å². The van der Waals surface area contributed by atoms with Gasteiger partial charge in [0.2, 0.25) is 5.91 Å². The summed E-state index contributed by atoms with van der Waals surface area (Å²) in [6.45, 7) is 1.54. The summed E-state index contributed by atoms with van der Waals surface area (Å²) in [4.78, 5) is 29.6. The molecule has 7 nitrogen and oxygen atoms in total. The van der Waals surface area contributed by atoms with Crippen LogP contribution in [0.15, 0.2) is 48.5 Å². The standard InChI is InChI=1S/C25H29Cl2N3O4/c26-18-7-5-17(6-8-18)15-28-25(33)30-14-2-4-22(30)24(32)29-13-1-3-21(29)23(31)16-34-20-11-9-19(27)10-12-20/h5-12,21-23,31H,1-4,13-16H2,(H,28,33)/t21?,22-,23?/m0/s1. The van der Waals surface area contributed by atoms with Crippen molar-refractivity contribution in [1.29, 1.82) is 0 Å². The lowest BCUT2D eigenvalue weighted by molar-refractivity contribution is -0.138. The highest BCUT2D eigenvalue weighted by Gasteiger charge is 2.42. The Hall–Kier alpha value is -2.48. The molecule has 0 spiro atoms. The largest absolute Gasteiger partial charge is 0.491 e. The second-order valence-electron chi connectivity index (χ2n) is 8.71. The minimum atomic E-state index is -0.823. The Morgan fingerprint density at radius 1 is 0.971 bits per heavy atom. The molecule has 2 aromatic carbocycles. The number of rotatable bonds is 7. The van der Waals surface area contributed by atoms with Crippen molar-refractivity contribution in [3.8, 4) is 5.75 Å². The van der Waals surface area contributed by atoms with E-state index in [4.69, 9.17) is 27.9 Å². The van der Waals surface area contributed by atoms with Crippen molar-refractivity contribution >= 4 is 35.1 Å². The zero-order valence-corrected chi connectivity index (χ0v) is 20.3. The second kappa shape index (κ2) is 11.3. The number of hydrogen-bond donors (Lipinski definition) is 2. The summed E-state index contributed by atoms with van der Waals surface area (Å²) in [7, 11) is 0. The molecular formula is C25H29Cl2N3O4. The van der Waals surface area contributed by atoms with Crippen molar-refractivity contribution in [2.45, 2.75) is 50.4 Å². The zero-order valence-electron chi connectivity index (χ0n) is 18.8. The summed E-state index contributed by atoms with van der Waals surface area (Å²) in [6, 6.07) is 13.1. The van der Waals surface area contributed by atoms with Gasteiger partial charge in [-0.05, 0) is 67.6 Å². The number of aliphatic hydroxyl groups excluding tert-OH is 1. The van der Waals surface area contributed by atoms with Crippen LogP contribution < -0.4 is 10.1 Å². The van der Waals surface area contributed by atoms with Crippen molar-refractivity contribution in [1.82, 2.24) is 15.1 Å². The van der Waals surface area contributed by atoms with Crippen LogP contribution in [-0.4, -0.2) is 64.7 Å². The fraction of sp³-hybridized carbons (Fsp3) is 0.440. The number of hydrogen-bond acceptors (Lipinski definition) is 4. The molecule has 3 amide bonds. The monoisotopic (exact) mass is 505 g/mol. The maximum absolute atomic E-state index is 13.4. The molecule has 34 heavy (non-hydrogen) atoms. The first kappa shape index (κ1) is 24.6. The second-order valence-corrected chi connectivity index (χ2v) is 9.58. The fourth-order valence-corrected chi connectivity index (χ4v) is 4.88. The summed E-state index contributed by atoms with van der Waals surface area (Å²) in [6.07, 6.45) is 2.07. The Kier molecular flexibility index (Phi) is 8.19. The minimum Gasteiger partial charge on any atom is -0.491 e. The number of ether oxygens (including phenoxy) is 1. The molecule has 4 rings (SSSR count). The van der Waals surface area contributed by atoms with Crippen LogP contribution in [0.1, 0.15) is 31.2 Å². The highest BCUT2D eigenvalue weighted by molar-refractivity contribution is 6.30. The van der Waals surface area contributed by atoms with Gasteiger partial charge in [-0.25, -0.2) is 4.79 Å². The predicted molar refractivity (Wildman–Crippen MR) is 131 cm³/mol. The number of likely N-dealkylation sites (tertiary alicyclic amines) is 2. The van der Waals surface area contributed by atoms with E-state index in [2.05, 4.69) is 5.32 Å². The molecule has 0 aromatic heterocycles. The number of benzene rings is 2. The highest BCUT2D eigenvalue weighted by Crippen LogP contribution is 2.27. The Labute approximate surface area is 209 Å². The van der Waals surface area contributed by atoms with E-state index in [9.17, 15) is 14.7 Å². The molecule has 2 aliphatic heterocycles. The van der Waals surface area contributed by atoms with Gasteiger partial charge in [-0.2, -0.15) is 0 Å². The van der Waals surface area contributed by atoms with Gasteiger partial charge < -0.3 is 25.0 Å². The number of halogens is 2. The Morgan fingerprint density at radius 3 is 2.29 bits per heavy atom. The summed E-state index contributed by atoms with van der Waals surface area (Å²) >= 11 is 11.8. The van der Waals surface area contributed by atoms with Crippen molar-refractivity contribution in [3.05, 3.63) is 64.1 Å². The van der Waals surface area contributed by atoms with E-state index < -0.39 is 12.1 Å². The van der Waals surface area contributed by atoms with Gasteiger partial charge in [0, 0.05) is 29.7 Å². The minimum absolute atomic E-state index is 0.0754. The van der Waals surface area contributed by atoms with Gasteiger partial charge in [-0.3, -0.25) is 4.79 Å². The number of aliphatic hydroxyl groups is 1. The first-order valence-electron chi connectivity index (χ1n) is 11.6. The summed E-state index contributed by atoms with van der Waals surface area (Å²) in [5.74, 6) is 0.505. The Morgan fingerprint density at radius 2 is 1.59 bits per heavy atom. The molecule has 0 radical (unpaired) electrons. The molecule has 2 N–H and O–H groups in total. The molecular weight excluding hydrogens is 477 g/mol. The van der Waals surface area contributed by atoms with Crippen LogP contribution in [0.2, 0.25) is 10.0 Å². The average Bonchev–Trinajstić information content (AvgIpc) is 3.53. The third-order valence-corrected chi connectivity index (χ3v) is 6.92. The van der Waals surface area contributed by atoms with Gasteiger partial charge in [-0.1, -0.05) is 35.3 Å². The summed E-state index contributed by atoms with van der Waals surface area (Å²) < 4.78 is 5.70. The first-order chi connectivity index (χ1) is 16.4. The van der Waals surface area contributed by atoms with Crippen LogP contribution in [0.3, 0.4) is 0 Å². The topological polar surface area (TPSA) is 82.1 Å². The summed E-state index contributed by atoms with van der Waals surface area (Å²) in [5, 5.41) is 14.9. The number of carbonyl (C=O) groups is 2. The van der Waals surface area contributed by atoms with Crippen LogP contribution in [0.25, 0.3) is 0 Å². The third-order valence-electron chi connectivity index (χ3n) is 6.42. The van der Waals surface area contributed by atoms with Crippen LogP contribution in [-0.2, 0) is 11.3 Å². The van der Waals surface area contributed by atoms with E-state index in [1.807, 2.05) is 12.1 Å². The molecule has 2 fully saturated rings. The van der Waals surface area contributed by atoms with E-state index in [-0.39, 0.29) is 24.6 Å². The van der Waals surface area contributed by atoms with Crippen molar-refractivity contribution in [3.63, 3.8) is 0 Å². The van der Waals surface area contributed by atoms with Crippen LogP contribution >= 0.6 is 23.2 Å². The third kappa shape index (κ3) is 5.95. The van der Waals surface area contributed by atoms with Crippen LogP contribution in [0, 0.1) is 0 Å². The number of carbonyl (C=O) groups excluding carboxylic acids is 2. The average molecular weight is 506 g/mol. The van der Waals surface area contributed by atoms with E-state index in [0.29, 0.717) is 48.3 Å². The van der Waals surface area contributed by atoms with Crippen LogP contribution in [0.4, 0.5) is 4.79 Å². The van der Waals surface area contributed by atoms with Gasteiger partial charge in [0.1, 0.15) is 24.5 Å². The normalized spacial score (nSPS) is 20.9. The van der Waals surface area contributed by atoms with Gasteiger partial charge >= 0.3 is 6.03 Å². The number of amides is 3. The number of nitrogens with one attached hydrogen (secondary N) is 1. The van der Waals surface area contributed by atoms with Crippen molar-refractivity contribution in [2.24, 2.45) is 0 Å². The highest BCUT2D eigenvalue weighted by atomic mass is 35.5. The number of urea groups is 1. The Bertz CT molecular complexity index is 987. The lowest BCUT2D eigenvalue weighted by Crippen LogP contribution is -2.54. The van der Waals surface area contributed by atoms with Gasteiger partial charge in [0.25, 0.3) is 0 Å². The predicted octanol–water partition coefficient (Wildman–Crippen LogP) is 4.10. The van der Waals surface area contributed by atoms with Gasteiger partial charge in [0.15, 0.2) is 0 Å². The van der Waals surface area contributed by atoms with E-state index in [1.54, 1.807) is 46.2 Å². The lowest BCUT2D eigenvalue weighted by atomic mass is 10.1. The van der Waals surface area contributed by atoms with Crippen molar-refractivity contribution in [2.75, 3.05) is 19.7 Å². The van der Waals surface area contributed by atoms with E-state index in [1.165, 1.54) is 0 Å². The molecule has 9 heteroatoms. The molecule has 2 saturated heterocycles. The van der Waals surface area contributed by atoms with Gasteiger partial charge in [0.05, 0.1) is 6.04 Å². The smallest absolute Gasteiger partial charge is 0.318 e. The maximum Gasteiger partial charge on any atom is 0.318 e. The molecule has 2 aliphatic rings. The van der Waals surface area contributed by atoms with Crippen molar-refractivity contribution < 1.29 is 19.4 Å². The quantitative estimate of drug-likeness (QED) is 0.593. The number of nitrogens with zero attached hydrogens (tertiary/aromatic N) is 2. The molecule has 2 heterocycles. The molecule has 0 aliphatic carbocycles. The SMILES string of the molecule is O=C([C@@H]1CCCN1C(=O)NCc1ccc(Cl)cc1)N1CCCC1C(O)COc1ccc(Cl)cc1. The molecule has 182 valence electrons. The van der Waals surface area contributed by atoms with E-state index in [0.717, 1.165) is 18.4 Å². The summed E-state index contributed by atoms with van der Waals surface area (Å²) in [5.41, 5.74) is 0.934. The fourth-order valence-electron chi connectivity index (χ4n) is 4.63.